The molecule has 4 heteroatoms. The zero-order valence-corrected chi connectivity index (χ0v) is 16.6. The quantitative estimate of drug-likeness (QED) is 0.516. The standard InChI is InChI=1S/C22H25ClN2S/c1-2-13-24-14-11-22(12-15-24)17-25(16-18-7-3-4-8-19(18)22)26-21-10-6-5-9-20(21)23/h2-10H,1,11-17H2. The first-order valence-corrected chi connectivity index (χ1v) is 10.4. The lowest BCUT2D eigenvalue weighted by molar-refractivity contribution is 0.142. The Bertz CT molecular complexity index is 783. The summed E-state index contributed by atoms with van der Waals surface area (Å²) in [6.07, 6.45) is 4.43. The summed E-state index contributed by atoms with van der Waals surface area (Å²) in [7, 11) is 0. The molecule has 0 amide bonds. The van der Waals surface area contributed by atoms with Gasteiger partial charge in [-0.1, -0.05) is 54.1 Å². The molecule has 2 aromatic rings. The zero-order valence-electron chi connectivity index (χ0n) is 15.0. The molecule has 0 N–H and O–H groups in total. The van der Waals surface area contributed by atoms with Crippen LogP contribution in [0.25, 0.3) is 0 Å². The van der Waals surface area contributed by atoms with E-state index in [1.807, 2.05) is 18.2 Å². The maximum absolute atomic E-state index is 6.41. The molecule has 1 spiro atoms. The highest BCUT2D eigenvalue weighted by atomic mass is 35.5. The van der Waals surface area contributed by atoms with E-state index in [4.69, 9.17) is 11.6 Å². The lowest BCUT2D eigenvalue weighted by Gasteiger charge is -2.48. The minimum absolute atomic E-state index is 0.251. The zero-order chi connectivity index (χ0) is 18.0. The molecule has 2 heterocycles. The minimum Gasteiger partial charge on any atom is -0.300 e. The molecule has 26 heavy (non-hydrogen) atoms. The van der Waals surface area contributed by atoms with E-state index in [0.717, 1.165) is 42.6 Å². The van der Waals surface area contributed by atoms with Gasteiger partial charge in [-0.3, -0.25) is 4.90 Å². The predicted molar refractivity (Wildman–Crippen MR) is 112 cm³/mol. The molecule has 2 nitrogen and oxygen atoms in total. The number of rotatable bonds is 4. The molecule has 0 bridgehead atoms. The number of benzene rings is 2. The van der Waals surface area contributed by atoms with Crippen molar-refractivity contribution in [1.82, 2.24) is 9.21 Å². The van der Waals surface area contributed by atoms with Gasteiger partial charge >= 0.3 is 0 Å². The minimum atomic E-state index is 0.251. The largest absolute Gasteiger partial charge is 0.300 e. The number of piperidine rings is 1. The summed E-state index contributed by atoms with van der Waals surface area (Å²) in [6, 6.07) is 17.2. The van der Waals surface area contributed by atoms with Crippen LogP contribution in [0.5, 0.6) is 0 Å². The second-order valence-corrected chi connectivity index (χ2v) is 8.89. The van der Waals surface area contributed by atoms with Crippen LogP contribution in [0, 0.1) is 0 Å². The van der Waals surface area contributed by atoms with Crippen LogP contribution < -0.4 is 0 Å². The van der Waals surface area contributed by atoms with E-state index in [1.165, 1.54) is 18.4 Å². The Morgan fingerprint density at radius 2 is 1.81 bits per heavy atom. The van der Waals surface area contributed by atoms with Gasteiger partial charge in [0.1, 0.15) is 0 Å². The Morgan fingerprint density at radius 1 is 1.08 bits per heavy atom. The van der Waals surface area contributed by atoms with E-state index in [-0.39, 0.29) is 5.41 Å². The highest BCUT2D eigenvalue weighted by Gasteiger charge is 2.42. The molecule has 0 radical (unpaired) electrons. The van der Waals surface area contributed by atoms with E-state index >= 15 is 0 Å². The van der Waals surface area contributed by atoms with Crippen LogP contribution in [-0.2, 0) is 12.0 Å². The van der Waals surface area contributed by atoms with Crippen molar-refractivity contribution in [2.45, 2.75) is 29.7 Å². The predicted octanol–water partition coefficient (Wildman–Crippen LogP) is 5.38. The SMILES string of the molecule is C=CCN1CCC2(CC1)CN(Sc1ccccc1Cl)Cc1ccccc12. The molecule has 0 aromatic heterocycles. The summed E-state index contributed by atoms with van der Waals surface area (Å²) >= 11 is 8.22. The summed E-state index contributed by atoms with van der Waals surface area (Å²) < 4.78 is 2.51. The Balaban J connectivity index is 1.60. The van der Waals surface area contributed by atoms with Gasteiger partial charge in [0.2, 0.25) is 0 Å². The fourth-order valence-corrected chi connectivity index (χ4v) is 5.67. The highest BCUT2D eigenvalue weighted by molar-refractivity contribution is 7.97. The van der Waals surface area contributed by atoms with E-state index in [1.54, 1.807) is 17.5 Å². The van der Waals surface area contributed by atoms with Crippen molar-refractivity contribution in [2.24, 2.45) is 0 Å². The second kappa shape index (κ2) is 7.77. The lowest BCUT2D eigenvalue weighted by atomic mass is 9.69. The second-order valence-electron chi connectivity index (χ2n) is 7.35. The molecular weight excluding hydrogens is 360 g/mol. The summed E-state index contributed by atoms with van der Waals surface area (Å²) in [6.45, 7) is 9.24. The van der Waals surface area contributed by atoms with Crippen LogP contribution in [0.15, 0.2) is 66.1 Å². The van der Waals surface area contributed by atoms with Gasteiger partial charge in [-0.2, -0.15) is 0 Å². The smallest absolute Gasteiger partial charge is 0.0555 e. The van der Waals surface area contributed by atoms with E-state index in [2.05, 4.69) is 52.2 Å². The van der Waals surface area contributed by atoms with Crippen molar-refractivity contribution in [3.8, 4) is 0 Å². The molecule has 1 fully saturated rings. The maximum Gasteiger partial charge on any atom is 0.0555 e. The summed E-state index contributed by atoms with van der Waals surface area (Å²) in [5.41, 5.74) is 3.28. The number of likely N-dealkylation sites (tertiary alicyclic amines) is 1. The third-order valence-electron chi connectivity index (χ3n) is 5.68. The van der Waals surface area contributed by atoms with E-state index < -0.39 is 0 Å². The third kappa shape index (κ3) is 3.59. The topological polar surface area (TPSA) is 6.48 Å². The summed E-state index contributed by atoms with van der Waals surface area (Å²) in [5.74, 6) is 0. The van der Waals surface area contributed by atoms with Crippen LogP contribution in [0.1, 0.15) is 24.0 Å². The van der Waals surface area contributed by atoms with Gasteiger partial charge in [0.25, 0.3) is 0 Å². The van der Waals surface area contributed by atoms with Crippen molar-refractivity contribution in [3.05, 3.63) is 77.3 Å². The van der Waals surface area contributed by atoms with E-state index in [9.17, 15) is 0 Å². The third-order valence-corrected chi connectivity index (χ3v) is 7.19. The molecule has 2 aliphatic rings. The Labute approximate surface area is 166 Å². The van der Waals surface area contributed by atoms with Gasteiger partial charge in [-0.05, 0) is 61.1 Å². The molecule has 0 saturated carbocycles. The van der Waals surface area contributed by atoms with Crippen LogP contribution in [0.4, 0.5) is 0 Å². The first kappa shape index (κ1) is 18.1. The fraction of sp³-hybridized carbons (Fsp3) is 0.364. The molecule has 0 atom stereocenters. The van der Waals surface area contributed by atoms with Crippen LogP contribution in [0.2, 0.25) is 5.02 Å². The number of fused-ring (bicyclic) bond motifs is 2. The lowest BCUT2D eigenvalue weighted by Crippen LogP contribution is -2.50. The molecule has 2 aliphatic heterocycles. The van der Waals surface area contributed by atoms with Crippen molar-refractivity contribution >= 4 is 23.5 Å². The molecular formula is C22H25ClN2S. The number of hydrogen-bond donors (Lipinski definition) is 0. The summed E-state index contributed by atoms with van der Waals surface area (Å²) in [5, 5.41) is 0.839. The van der Waals surface area contributed by atoms with Crippen LogP contribution in [0.3, 0.4) is 0 Å². The highest BCUT2D eigenvalue weighted by Crippen LogP contribution is 2.45. The average molecular weight is 385 g/mol. The molecule has 136 valence electrons. The first-order chi connectivity index (χ1) is 12.7. The van der Waals surface area contributed by atoms with Crippen LogP contribution >= 0.6 is 23.5 Å². The van der Waals surface area contributed by atoms with Gasteiger partial charge < -0.3 is 0 Å². The van der Waals surface area contributed by atoms with Gasteiger partial charge in [-0.15, -0.1) is 6.58 Å². The fourth-order valence-electron chi connectivity index (χ4n) is 4.34. The Kier molecular flexibility index (Phi) is 5.42. The summed E-state index contributed by atoms with van der Waals surface area (Å²) in [4.78, 5) is 3.66. The Hall–Kier alpha value is -1.26. The number of hydrogen-bond acceptors (Lipinski definition) is 3. The van der Waals surface area contributed by atoms with Crippen molar-refractivity contribution < 1.29 is 0 Å². The van der Waals surface area contributed by atoms with Gasteiger partial charge in [0, 0.05) is 29.9 Å². The van der Waals surface area contributed by atoms with Gasteiger partial charge in [0.15, 0.2) is 0 Å². The molecule has 0 aliphatic carbocycles. The molecule has 0 unspecified atom stereocenters. The number of halogens is 1. The van der Waals surface area contributed by atoms with Crippen molar-refractivity contribution in [3.63, 3.8) is 0 Å². The Morgan fingerprint density at radius 3 is 2.58 bits per heavy atom. The molecule has 2 aromatic carbocycles. The normalized spacial score (nSPS) is 20.0. The average Bonchev–Trinajstić information content (AvgIpc) is 2.66. The molecule has 1 saturated heterocycles. The number of nitrogens with zero attached hydrogens (tertiary/aromatic N) is 2. The van der Waals surface area contributed by atoms with Crippen LogP contribution in [-0.4, -0.2) is 35.4 Å². The van der Waals surface area contributed by atoms with Crippen molar-refractivity contribution in [1.29, 1.82) is 0 Å². The maximum atomic E-state index is 6.41. The van der Waals surface area contributed by atoms with E-state index in [0.29, 0.717) is 0 Å². The van der Waals surface area contributed by atoms with Gasteiger partial charge in [-0.25, -0.2) is 4.31 Å². The first-order valence-electron chi connectivity index (χ1n) is 9.29. The monoisotopic (exact) mass is 384 g/mol. The molecule has 4 rings (SSSR count). The van der Waals surface area contributed by atoms with Crippen molar-refractivity contribution in [2.75, 3.05) is 26.2 Å². The van der Waals surface area contributed by atoms with Gasteiger partial charge in [0.05, 0.1) is 5.02 Å².